The topological polar surface area (TPSA) is 63.4 Å². The van der Waals surface area contributed by atoms with E-state index in [1.54, 1.807) is 7.11 Å². The number of benzene rings is 1. The second-order valence-corrected chi connectivity index (χ2v) is 5.24. The average molecular weight is 304 g/mol. The molecule has 1 aromatic heterocycles. The molecule has 2 rings (SSSR count). The monoisotopic (exact) mass is 304 g/mol. The molecule has 5 heteroatoms. The molecule has 0 saturated heterocycles. The fraction of sp³-hybridized carbons (Fsp3) is 0.471. The van der Waals surface area contributed by atoms with E-state index in [2.05, 4.69) is 17.2 Å². The SMILES string of the molecule is CCCCOc1ccc2[nH]cc(CC(=O)NCCOC)c2c1. The van der Waals surface area contributed by atoms with E-state index in [9.17, 15) is 4.79 Å². The van der Waals surface area contributed by atoms with Crippen LogP contribution in [0.15, 0.2) is 24.4 Å². The van der Waals surface area contributed by atoms with E-state index in [-0.39, 0.29) is 5.91 Å². The van der Waals surface area contributed by atoms with Gasteiger partial charge in [-0.3, -0.25) is 4.79 Å². The third kappa shape index (κ3) is 4.49. The van der Waals surface area contributed by atoms with Crippen molar-refractivity contribution < 1.29 is 14.3 Å². The molecular weight excluding hydrogens is 280 g/mol. The smallest absolute Gasteiger partial charge is 0.224 e. The van der Waals surface area contributed by atoms with Gasteiger partial charge in [0, 0.05) is 30.8 Å². The molecule has 0 bridgehead atoms. The summed E-state index contributed by atoms with van der Waals surface area (Å²) in [5.74, 6) is 0.844. The fourth-order valence-electron chi connectivity index (χ4n) is 2.26. The molecule has 0 unspecified atom stereocenters. The maximum absolute atomic E-state index is 11.9. The first-order valence-corrected chi connectivity index (χ1v) is 7.73. The summed E-state index contributed by atoms with van der Waals surface area (Å²) in [6.07, 6.45) is 4.39. The molecule has 1 aromatic carbocycles. The summed E-state index contributed by atoms with van der Waals surface area (Å²) in [4.78, 5) is 15.1. The lowest BCUT2D eigenvalue weighted by molar-refractivity contribution is -0.120. The van der Waals surface area contributed by atoms with Gasteiger partial charge in [-0.25, -0.2) is 0 Å². The molecule has 120 valence electrons. The summed E-state index contributed by atoms with van der Waals surface area (Å²) in [6, 6.07) is 5.94. The zero-order chi connectivity index (χ0) is 15.8. The van der Waals surface area contributed by atoms with E-state index in [0.29, 0.717) is 19.6 Å². The lowest BCUT2D eigenvalue weighted by Crippen LogP contribution is -2.28. The quantitative estimate of drug-likeness (QED) is 0.700. The van der Waals surface area contributed by atoms with Crippen molar-refractivity contribution in [2.24, 2.45) is 0 Å². The summed E-state index contributed by atoms with van der Waals surface area (Å²) < 4.78 is 10.7. The average Bonchev–Trinajstić information content (AvgIpc) is 2.90. The van der Waals surface area contributed by atoms with Gasteiger partial charge in [-0.2, -0.15) is 0 Å². The van der Waals surface area contributed by atoms with Crippen LogP contribution in [0.4, 0.5) is 0 Å². The normalized spacial score (nSPS) is 10.8. The molecule has 0 saturated carbocycles. The van der Waals surface area contributed by atoms with Crippen LogP contribution in [0.2, 0.25) is 0 Å². The second-order valence-electron chi connectivity index (χ2n) is 5.24. The minimum absolute atomic E-state index is 0.00439. The number of carbonyl (C=O) groups excluding carboxylic acids is 1. The van der Waals surface area contributed by atoms with Crippen molar-refractivity contribution in [3.63, 3.8) is 0 Å². The Hall–Kier alpha value is -2.01. The Morgan fingerprint density at radius 2 is 2.18 bits per heavy atom. The van der Waals surface area contributed by atoms with E-state index in [4.69, 9.17) is 9.47 Å². The molecule has 2 aromatic rings. The lowest BCUT2D eigenvalue weighted by atomic mass is 10.1. The van der Waals surface area contributed by atoms with Gasteiger partial charge in [-0.05, 0) is 30.2 Å². The van der Waals surface area contributed by atoms with E-state index in [1.807, 2.05) is 24.4 Å². The van der Waals surface area contributed by atoms with Crippen molar-refractivity contribution in [1.29, 1.82) is 0 Å². The molecule has 2 N–H and O–H groups in total. The lowest BCUT2D eigenvalue weighted by Gasteiger charge is -2.06. The highest BCUT2D eigenvalue weighted by Gasteiger charge is 2.09. The number of rotatable bonds is 9. The largest absolute Gasteiger partial charge is 0.494 e. The fourth-order valence-corrected chi connectivity index (χ4v) is 2.26. The first-order valence-electron chi connectivity index (χ1n) is 7.73. The highest BCUT2D eigenvalue weighted by molar-refractivity contribution is 5.89. The number of ether oxygens (including phenoxy) is 2. The first kappa shape index (κ1) is 16.4. The third-order valence-corrected chi connectivity index (χ3v) is 3.48. The molecule has 1 amide bonds. The van der Waals surface area contributed by atoms with Crippen LogP contribution in [0.25, 0.3) is 10.9 Å². The number of carbonyl (C=O) groups is 1. The van der Waals surface area contributed by atoms with Gasteiger partial charge >= 0.3 is 0 Å². The van der Waals surface area contributed by atoms with Crippen LogP contribution in [-0.4, -0.2) is 37.8 Å². The molecule has 22 heavy (non-hydrogen) atoms. The third-order valence-electron chi connectivity index (χ3n) is 3.48. The van der Waals surface area contributed by atoms with Crippen LogP contribution in [0.5, 0.6) is 5.75 Å². The minimum atomic E-state index is -0.00439. The van der Waals surface area contributed by atoms with Crippen LogP contribution in [0.3, 0.4) is 0 Å². The summed E-state index contributed by atoms with van der Waals surface area (Å²) in [5.41, 5.74) is 1.99. The molecule has 0 spiro atoms. The Kier molecular flexibility index (Phi) is 6.27. The van der Waals surface area contributed by atoms with Crippen molar-refractivity contribution in [3.8, 4) is 5.75 Å². The molecule has 0 aliphatic carbocycles. The van der Waals surface area contributed by atoms with Gasteiger partial charge in [0.15, 0.2) is 0 Å². The van der Waals surface area contributed by atoms with Crippen molar-refractivity contribution in [2.45, 2.75) is 26.2 Å². The zero-order valence-corrected chi connectivity index (χ0v) is 13.3. The van der Waals surface area contributed by atoms with Crippen LogP contribution in [-0.2, 0) is 16.0 Å². The van der Waals surface area contributed by atoms with E-state index < -0.39 is 0 Å². The Morgan fingerprint density at radius 1 is 1.32 bits per heavy atom. The van der Waals surface area contributed by atoms with E-state index in [1.165, 1.54) is 0 Å². The van der Waals surface area contributed by atoms with Gasteiger partial charge in [0.2, 0.25) is 5.91 Å². The maximum atomic E-state index is 11.9. The number of hydrogen-bond acceptors (Lipinski definition) is 3. The van der Waals surface area contributed by atoms with Crippen molar-refractivity contribution in [1.82, 2.24) is 10.3 Å². The van der Waals surface area contributed by atoms with E-state index in [0.717, 1.165) is 41.7 Å². The number of unbranched alkanes of at least 4 members (excludes halogenated alkanes) is 1. The number of amides is 1. The Balaban J connectivity index is 2.03. The molecule has 0 aliphatic rings. The predicted molar refractivity (Wildman–Crippen MR) is 87.3 cm³/mol. The Bertz CT molecular complexity index is 607. The summed E-state index contributed by atoms with van der Waals surface area (Å²) in [6.45, 7) is 3.91. The standard InChI is InChI=1S/C17H24N2O3/c1-3-4-8-22-14-5-6-16-15(11-14)13(12-19-16)10-17(20)18-7-9-21-2/h5-6,11-12,19H,3-4,7-10H2,1-2H3,(H,18,20). The van der Waals surface area contributed by atoms with Gasteiger partial charge < -0.3 is 19.8 Å². The molecular formula is C17H24N2O3. The maximum Gasteiger partial charge on any atom is 0.224 e. The van der Waals surface area contributed by atoms with Crippen molar-refractivity contribution in [3.05, 3.63) is 30.0 Å². The van der Waals surface area contributed by atoms with Crippen LogP contribution in [0.1, 0.15) is 25.3 Å². The van der Waals surface area contributed by atoms with Crippen molar-refractivity contribution in [2.75, 3.05) is 26.9 Å². The van der Waals surface area contributed by atoms with Gasteiger partial charge in [0.25, 0.3) is 0 Å². The Labute approximate surface area is 131 Å². The summed E-state index contributed by atoms with van der Waals surface area (Å²) >= 11 is 0. The number of methoxy groups -OCH3 is 1. The highest BCUT2D eigenvalue weighted by atomic mass is 16.5. The number of aromatic nitrogens is 1. The summed E-state index contributed by atoms with van der Waals surface area (Å²) in [7, 11) is 1.62. The second kappa shape index (κ2) is 8.44. The number of nitrogens with one attached hydrogen (secondary N) is 2. The molecule has 0 aliphatic heterocycles. The molecule has 0 radical (unpaired) electrons. The Morgan fingerprint density at radius 3 is 2.95 bits per heavy atom. The summed E-state index contributed by atoms with van der Waals surface area (Å²) in [5, 5.41) is 3.87. The van der Waals surface area contributed by atoms with Gasteiger partial charge in [0.1, 0.15) is 5.75 Å². The highest BCUT2D eigenvalue weighted by Crippen LogP contribution is 2.24. The van der Waals surface area contributed by atoms with Crippen LogP contribution >= 0.6 is 0 Å². The van der Waals surface area contributed by atoms with Gasteiger partial charge in [-0.1, -0.05) is 13.3 Å². The zero-order valence-electron chi connectivity index (χ0n) is 13.3. The van der Waals surface area contributed by atoms with E-state index >= 15 is 0 Å². The van der Waals surface area contributed by atoms with Crippen molar-refractivity contribution >= 4 is 16.8 Å². The molecule has 0 fully saturated rings. The number of hydrogen-bond donors (Lipinski definition) is 2. The first-order chi connectivity index (χ1) is 10.7. The molecule has 0 atom stereocenters. The van der Waals surface area contributed by atoms with Crippen LogP contribution in [0, 0.1) is 0 Å². The van der Waals surface area contributed by atoms with Crippen LogP contribution < -0.4 is 10.1 Å². The van der Waals surface area contributed by atoms with Gasteiger partial charge in [-0.15, -0.1) is 0 Å². The number of fused-ring (bicyclic) bond motifs is 1. The molecule has 5 nitrogen and oxygen atoms in total. The number of H-pyrrole nitrogens is 1. The van der Waals surface area contributed by atoms with Gasteiger partial charge in [0.05, 0.1) is 19.6 Å². The number of aromatic amines is 1. The minimum Gasteiger partial charge on any atom is -0.494 e. The molecule has 1 heterocycles. The predicted octanol–water partition coefficient (Wildman–Crippen LogP) is 2.65.